The third kappa shape index (κ3) is 3.08. The maximum atomic E-state index is 12.4. The van der Waals surface area contributed by atoms with Crippen molar-refractivity contribution in [3.8, 4) is 0 Å². The van der Waals surface area contributed by atoms with E-state index < -0.39 is 0 Å². The molecule has 0 radical (unpaired) electrons. The second-order valence-corrected chi connectivity index (χ2v) is 6.62. The van der Waals surface area contributed by atoms with Crippen LogP contribution < -0.4 is 5.73 Å². The molecule has 3 nitrogen and oxygen atoms in total. The Kier molecular flexibility index (Phi) is 4.57. The van der Waals surface area contributed by atoms with Crippen LogP contribution in [0, 0.1) is 5.41 Å². The van der Waals surface area contributed by atoms with Crippen molar-refractivity contribution in [1.29, 1.82) is 0 Å². The van der Waals surface area contributed by atoms with Crippen LogP contribution in [-0.2, 0) is 0 Å². The van der Waals surface area contributed by atoms with Crippen LogP contribution in [0.2, 0.25) is 10.0 Å². The molecule has 1 heterocycles. The van der Waals surface area contributed by atoms with Crippen LogP contribution in [0.25, 0.3) is 0 Å². The molecule has 1 aromatic rings. The normalized spacial score (nSPS) is 17.9. The van der Waals surface area contributed by atoms with Crippen LogP contribution in [0.15, 0.2) is 18.2 Å². The summed E-state index contributed by atoms with van der Waals surface area (Å²) < 4.78 is 0. The molecule has 0 atom stereocenters. The molecule has 2 N–H and O–H groups in total. The van der Waals surface area contributed by atoms with Crippen LogP contribution in [-0.4, -0.2) is 28.9 Å². The Labute approximate surface area is 134 Å². The number of thiocarbonyl (C=S) groups is 1. The fourth-order valence-corrected chi connectivity index (χ4v) is 2.98. The van der Waals surface area contributed by atoms with Gasteiger partial charge in [-0.15, -0.1) is 0 Å². The first-order valence-electron chi connectivity index (χ1n) is 6.38. The highest BCUT2D eigenvalue weighted by Gasteiger charge is 2.34. The fraction of sp³-hybridized carbons (Fsp3) is 0.429. The predicted molar refractivity (Wildman–Crippen MR) is 86.5 cm³/mol. The Morgan fingerprint density at radius 1 is 1.35 bits per heavy atom. The molecule has 0 saturated carbocycles. The number of likely N-dealkylation sites (tertiary alicyclic amines) is 1. The number of carbonyl (C=O) groups is 1. The molecular formula is C14H16Cl2N2OS. The number of halogens is 2. The molecule has 1 aromatic carbocycles. The van der Waals surface area contributed by atoms with Gasteiger partial charge in [-0.05, 0) is 31.0 Å². The first kappa shape index (κ1) is 15.5. The highest BCUT2D eigenvalue weighted by atomic mass is 35.5. The van der Waals surface area contributed by atoms with E-state index >= 15 is 0 Å². The summed E-state index contributed by atoms with van der Waals surface area (Å²) in [6.45, 7) is 3.31. The zero-order valence-electron chi connectivity index (χ0n) is 11.2. The Bertz CT molecular complexity index is 554. The minimum absolute atomic E-state index is 0.0725. The molecule has 1 aliphatic heterocycles. The summed E-state index contributed by atoms with van der Waals surface area (Å²) in [7, 11) is 0. The Hall–Kier alpha value is -0.840. The predicted octanol–water partition coefficient (Wildman–Crippen LogP) is 3.52. The van der Waals surface area contributed by atoms with E-state index in [0.717, 1.165) is 12.8 Å². The number of nitrogens with two attached hydrogens (primary N) is 1. The third-order valence-electron chi connectivity index (χ3n) is 3.91. The van der Waals surface area contributed by atoms with Crippen LogP contribution >= 0.6 is 35.4 Å². The number of carbonyl (C=O) groups excluding carboxylic acids is 1. The zero-order valence-corrected chi connectivity index (χ0v) is 13.5. The van der Waals surface area contributed by atoms with E-state index in [4.69, 9.17) is 41.2 Å². The molecule has 0 aliphatic carbocycles. The summed E-state index contributed by atoms with van der Waals surface area (Å²) in [6.07, 6.45) is 1.55. The maximum Gasteiger partial charge on any atom is 0.255 e. The summed E-state index contributed by atoms with van der Waals surface area (Å²) in [5.41, 5.74) is 6.09. The van der Waals surface area contributed by atoms with Gasteiger partial charge in [0.2, 0.25) is 0 Å². The molecule has 0 spiro atoms. The lowest BCUT2D eigenvalue weighted by Gasteiger charge is -2.38. The summed E-state index contributed by atoms with van der Waals surface area (Å²) in [5, 5.41) is 0.899. The van der Waals surface area contributed by atoms with Crippen LogP contribution in [0.4, 0.5) is 0 Å². The zero-order chi connectivity index (χ0) is 14.9. The van der Waals surface area contributed by atoms with Crippen molar-refractivity contribution in [2.24, 2.45) is 11.1 Å². The third-order valence-corrected chi connectivity index (χ3v) is 4.95. The van der Waals surface area contributed by atoms with Gasteiger partial charge >= 0.3 is 0 Å². The van der Waals surface area contributed by atoms with Gasteiger partial charge in [0.15, 0.2) is 0 Å². The second kappa shape index (κ2) is 5.88. The minimum Gasteiger partial charge on any atom is -0.393 e. The van der Waals surface area contributed by atoms with Gasteiger partial charge in [0.1, 0.15) is 0 Å². The van der Waals surface area contributed by atoms with Gasteiger partial charge < -0.3 is 10.6 Å². The highest BCUT2D eigenvalue weighted by molar-refractivity contribution is 7.80. The summed E-state index contributed by atoms with van der Waals surface area (Å²) >= 11 is 17.0. The number of hydrogen-bond acceptors (Lipinski definition) is 2. The Morgan fingerprint density at radius 3 is 2.45 bits per heavy atom. The highest BCUT2D eigenvalue weighted by Crippen LogP contribution is 2.32. The van der Waals surface area contributed by atoms with Crippen molar-refractivity contribution < 1.29 is 4.79 Å². The van der Waals surface area contributed by atoms with Crippen molar-refractivity contribution in [2.75, 3.05) is 13.1 Å². The summed E-state index contributed by atoms with van der Waals surface area (Å²) in [4.78, 5) is 14.8. The largest absolute Gasteiger partial charge is 0.393 e. The first-order chi connectivity index (χ1) is 9.33. The SMILES string of the molecule is CC1(C(N)=S)CCN(C(=O)c2ccc(Cl)cc2Cl)CC1. The molecule has 0 bridgehead atoms. The molecular weight excluding hydrogens is 315 g/mol. The van der Waals surface area contributed by atoms with Crippen molar-refractivity contribution in [3.63, 3.8) is 0 Å². The van der Waals surface area contributed by atoms with Crippen molar-refractivity contribution >= 4 is 46.3 Å². The first-order valence-corrected chi connectivity index (χ1v) is 7.54. The smallest absolute Gasteiger partial charge is 0.255 e. The molecule has 1 amide bonds. The average Bonchev–Trinajstić information content (AvgIpc) is 2.38. The van der Waals surface area contributed by atoms with Gasteiger partial charge in [0.05, 0.1) is 15.6 Å². The fourth-order valence-electron chi connectivity index (χ4n) is 2.28. The van der Waals surface area contributed by atoms with Gasteiger partial charge in [-0.3, -0.25) is 4.79 Å². The van der Waals surface area contributed by atoms with Crippen molar-refractivity contribution in [2.45, 2.75) is 19.8 Å². The lowest BCUT2D eigenvalue weighted by molar-refractivity contribution is 0.0670. The molecule has 0 unspecified atom stereocenters. The topological polar surface area (TPSA) is 46.3 Å². The number of nitrogens with zero attached hydrogens (tertiary/aromatic N) is 1. The van der Waals surface area contributed by atoms with E-state index in [1.807, 2.05) is 6.92 Å². The van der Waals surface area contributed by atoms with Crippen molar-refractivity contribution in [3.05, 3.63) is 33.8 Å². The van der Waals surface area contributed by atoms with Gasteiger partial charge in [0, 0.05) is 23.5 Å². The number of hydrogen-bond donors (Lipinski definition) is 1. The number of rotatable bonds is 2. The summed E-state index contributed by atoms with van der Waals surface area (Å²) in [5.74, 6) is -0.0725. The molecule has 1 aliphatic rings. The molecule has 1 fully saturated rings. The van der Waals surface area contributed by atoms with Crippen LogP contribution in [0.5, 0.6) is 0 Å². The lowest BCUT2D eigenvalue weighted by Crippen LogP contribution is -2.46. The monoisotopic (exact) mass is 330 g/mol. The van der Waals surface area contributed by atoms with E-state index in [0.29, 0.717) is 33.7 Å². The molecule has 2 rings (SSSR count). The second-order valence-electron chi connectivity index (χ2n) is 5.34. The summed E-state index contributed by atoms with van der Waals surface area (Å²) in [6, 6.07) is 4.91. The van der Waals surface area contributed by atoms with E-state index in [9.17, 15) is 4.79 Å². The van der Waals surface area contributed by atoms with Gasteiger partial charge in [-0.2, -0.15) is 0 Å². The lowest BCUT2D eigenvalue weighted by atomic mass is 9.80. The molecule has 108 valence electrons. The number of benzene rings is 1. The van der Waals surface area contributed by atoms with Gasteiger partial charge in [0.25, 0.3) is 5.91 Å². The minimum atomic E-state index is -0.157. The van der Waals surface area contributed by atoms with Gasteiger partial charge in [-0.25, -0.2) is 0 Å². The number of amides is 1. The van der Waals surface area contributed by atoms with Gasteiger partial charge in [-0.1, -0.05) is 42.3 Å². The molecule has 0 aromatic heterocycles. The van der Waals surface area contributed by atoms with E-state index in [1.54, 1.807) is 23.1 Å². The maximum absolute atomic E-state index is 12.4. The van der Waals surface area contributed by atoms with E-state index in [2.05, 4.69) is 0 Å². The quantitative estimate of drug-likeness (QED) is 0.844. The molecule has 1 saturated heterocycles. The van der Waals surface area contributed by atoms with Crippen LogP contribution in [0.1, 0.15) is 30.1 Å². The Morgan fingerprint density at radius 2 is 1.95 bits per heavy atom. The average molecular weight is 331 g/mol. The van der Waals surface area contributed by atoms with E-state index in [1.165, 1.54) is 0 Å². The standard InChI is InChI=1S/C14H16Cl2N2OS/c1-14(13(17)20)4-6-18(7-5-14)12(19)10-3-2-9(15)8-11(10)16/h2-3,8H,4-7H2,1H3,(H2,17,20). The Balaban J connectivity index is 2.11. The van der Waals surface area contributed by atoms with Crippen LogP contribution in [0.3, 0.4) is 0 Å². The van der Waals surface area contributed by atoms with E-state index in [-0.39, 0.29) is 11.3 Å². The molecule has 6 heteroatoms. The number of piperidine rings is 1. The van der Waals surface area contributed by atoms with Crippen molar-refractivity contribution in [1.82, 2.24) is 4.90 Å². The molecule has 20 heavy (non-hydrogen) atoms.